The number of aliphatic hydroxyl groups is 1. The fraction of sp³-hybridized carbons (Fsp3) is 0.538. The molecular formula is C13H18N2O. The minimum absolute atomic E-state index is 0.0568. The number of rotatable bonds is 0. The summed E-state index contributed by atoms with van der Waals surface area (Å²) in [4.78, 5) is 2.14. The fourth-order valence-corrected chi connectivity index (χ4v) is 3.24. The van der Waals surface area contributed by atoms with Gasteiger partial charge in [-0.05, 0) is 38.5 Å². The summed E-state index contributed by atoms with van der Waals surface area (Å²) in [7, 11) is 2.04. The largest absolute Gasteiger partial charge is 0.374 e. The molecule has 2 aliphatic rings. The van der Waals surface area contributed by atoms with E-state index < -0.39 is 6.23 Å². The van der Waals surface area contributed by atoms with Gasteiger partial charge in [0, 0.05) is 5.56 Å². The quantitative estimate of drug-likeness (QED) is 0.687. The van der Waals surface area contributed by atoms with E-state index >= 15 is 0 Å². The second-order valence-corrected chi connectivity index (χ2v) is 4.85. The minimum Gasteiger partial charge on any atom is -0.374 e. The van der Waals surface area contributed by atoms with Gasteiger partial charge in [0.05, 0.1) is 5.54 Å². The van der Waals surface area contributed by atoms with Crippen LogP contribution in [0, 0.1) is 0 Å². The molecule has 1 aromatic rings. The van der Waals surface area contributed by atoms with E-state index in [2.05, 4.69) is 22.3 Å². The van der Waals surface area contributed by atoms with Crippen molar-refractivity contribution in [2.75, 3.05) is 20.1 Å². The maximum Gasteiger partial charge on any atom is 0.134 e. The van der Waals surface area contributed by atoms with Gasteiger partial charge in [-0.15, -0.1) is 0 Å². The van der Waals surface area contributed by atoms with Crippen molar-refractivity contribution in [3.05, 3.63) is 35.4 Å². The Morgan fingerprint density at radius 2 is 2.00 bits per heavy atom. The molecular weight excluding hydrogens is 200 g/mol. The summed E-state index contributed by atoms with van der Waals surface area (Å²) in [6.45, 7) is 2.07. The molecule has 0 aliphatic carbocycles. The lowest BCUT2D eigenvalue weighted by Crippen LogP contribution is -2.47. The van der Waals surface area contributed by atoms with Crippen molar-refractivity contribution < 1.29 is 5.11 Å². The SMILES string of the molecule is CN1C(O)c2ccccc2C12CCNCC2. The number of fused-ring (bicyclic) bond motifs is 2. The normalized spacial score (nSPS) is 28.2. The summed E-state index contributed by atoms with van der Waals surface area (Å²) in [6, 6.07) is 8.31. The Morgan fingerprint density at radius 1 is 1.31 bits per heavy atom. The van der Waals surface area contributed by atoms with Gasteiger partial charge in [-0.2, -0.15) is 0 Å². The number of aliphatic hydroxyl groups excluding tert-OH is 1. The molecule has 0 bridgehead atoms. The molecule has 1 unspecified atom stereocenters. The predicted octanol–water partition coefficient (Wildman–Crippen LogP) is 1.20. The second-order valence-electron chi connectivity index (χ2n) is 4.85. The Bertz CT molecular complexity index is 399. The maximum atomic E-state index is 10.3. The van der Waals surface area contributed by atoms with Crippen molar-refractivity contribution in [1.82, 2.24) is 10.2 Å². The van der Waals surface area contributed by atoms with E-state index in [-0.39, 0.29) is 5.54 Å². The van der Waals surface area contributed by atoms with Crippen LogP contribution in [-0.2, 0) is 5.54 Å². The van der Waals surface area contributed by atoms with Gasteiger partial charge >= 0.3 is 0 Å². The Hall–Kier alpha value is -0.900. The van der Waals surface area contributed by atoms with E-state index in [4.69, 9.17) is 0 Å². The van der Waals surface area contributed by atoms with E-state index in [9.17, 15) is 5.11 Å². The highest BCUT2D eigenvalue weighted by Gasteiger charge is 2.47. The molecule has 0 amide bonds. The second kappa shape index (κ2) is 3.55. The van der Waals surface area contributed by atoms with E-state index in [0.717, 1.165) is 31.5 Å². The number of benzene rings is 1. The minimum atomic E-state index is -0.436. The van der Waals surface area contributed by atoms with Gasteiger partial charge < -0.3 is 10.4 Å². The van der Waals surface area contributed by atoms with Gasteiger partial charge in [0.25, 0.3) is 0 Å². The number of nitrogens with zero attached hydrogens (tertiary/aromatic N) is 1. The third-order valence-corrected chi connectivity index (χ3v) is 4.21. The van der Waals surface area contributed by atoms with Crippen molar-refractivity contribution in [1.29, 1.82) is 0 Å². The highest BCUT2D eigenvalue weighted by atomic mass is 16.3. The van der Waals surface area contributed by atoms with Crippen molar-refractivity contribution in [2.45, 2.75) is 24.6 Å². The van der Waals surface area contributed by atoms with Crippen molar-refractivity contribution >= 4 is 0 Å². The Balaban J connectivity index is 2.12. The molecule has 3 nitrogen and oxygen atoms in total. The van der Waals surface area contributed by atoms with Crippen LogP contribution in [0.15, 0.2) is 24.3 Å². The molecule has 1 fully saturated rings. The van der Waals surface area contributed by atoms with E-state index in [0.29, 0.717) is 0 Å². The van der Waals surface area contributed by atoms with Crippen LogP contribution in [0.2, 0.25) is 0 Å². The van der Waals surface area contributed by atoms with Crippen molar-refractivity contribution in [2.24, 2.45) is 0 Å². The average Bonchev–Trinajstić information content (AvgIpc) is 2.55. The zero-order chi connectivity index (χ0) is 11.2. The average molecular weight is 218 g/mol. The molecule has 2 aliphatic heterocycles. The molecule has 1 spiro atoms. The van der Waals surface area contributed by atoms with Gasteiger partial charge in [0.2, 0.25) is 0 Å². The Morgan fingerprint density at radius 3 is 2.75 bits per heavy atom. The van der Waals surface area contributed by atoms with Gasteiger partial charge in [0.15, 0.2) is 0 Å². The fourth-order valence-electron chi connectivity index (χ4n) is 3.24. The molecule has 2 heterocycles. The van der Waals surface area contributed by atoms with Crippen LogP contribution in [0.4, 0.5) is 0 Å². The zero-order valence-electron chi connectivity index (χ0n) is 9.61. The highest BCUT2D eigenvalue weighted by Crippen LogP contribution is 2.48. The van der Waals surface area contributed by atoms with Crippen LogP contribution in [-0.4, -0.2) is 30.1 Å². The van der Waals surface area contributed by atoms with Crippen LogP contribution in [0.1, 0.15) is 30.2 Å². The first-order chi connectivity index (χ1) is 7.76. The lowest BCUT2D eigenvalue weighted by atomic mass is 9.81. The summed E-state index contributed by atoms with van der Waals surface area (Å²) in [5.74, 6) is 0. The molecule has 2 N–H and O–H groups in total. The number of hydrogen-bond donors (Lipinski definition) is 2. The maximum absolute atomic E-state index is 10.3. The Kier molecular flexibility index (Phi) is 2.28. The number of piperidine rings is 1. The highest BCUT2D eigenvalue weighted by molar-refractivity contribution is 5.40. The van der Waals surface area contributed by atoms with Gasteiger partial charge in [0.1, 0.15) is 6.23 Å². The molecule has 1 saturated heterocycles. The molecule has 3 heteroatoms. The van der Waals surface area contributed by atoms with Crippen molar-refractivity contribution in [3.8, 4) is 0 Å². The monoisotopic (exact) mass is 218 g/mol. The lowest BCUT2D eigenvalue weighted by molar-refractivity contribution is -0.0444. The molecule has 3 rings (SSSR count). The van der Waals surface area contributed by atoms with E-state index in [1.54, 1.807) is 0 Å². The van der Waals surface area contributed by atoms with Gasteiger partial charge in [-0.1, -0.05) is 24.3 Å². The predicted molar refractivity (Wildman–Crippen MR) is 62.9 cm³/mol. The van der Waals surface area contributed by atoms with Gasteiger partial charge in [-0.3, -0.25) is 4.90 Å². The summed E-state index contributed by atoms with van der Waals surface area (Å²) < 4.78 is 0. The van der Waals surface area contributed by atoms with Crippen molar-refractivity contribution in [3.63, 3.8) is 0 Å². The first-order valence-corrected chi connectivity index (χ1v) is 5.97. The number of hydrogen-bond acceptors (Lipinski definition) is 3. The Labute approximate surface area is 96.1 Å². The van der Waals surface area contributed by atoms with E-state index in [1.807, 2.05) is 19.2 Å². The third kappa shape index (κ3) is 1.19. The summed E-state index contributed by atoms with van der Waals surface area (Å²) in [5.41, 5.74) is 2.47. The van der Waals surface area contributed by atoms with Crippen LogP contribution < -0.4 is 5.32 Å². The molecule has 0 radical (unpaired) electrons. The standard InChI is InChI=1S/C13H18N2O/c1-15-12(16)10-4-2-3-5-11(10)13(15)6-8-14-9-7-13/h2-5,12,14,16H,6-9H2,1H3. The summed E-state index contributed by atoms with van der Waals surface area (Å²) in [6.07, 6.45) is 1.73. The molecule has 1 aromatic carbocycles. The number of nitrogens with one attached hydrogen (secondary N) is 1. The molecule has 0 saturated carbocycles. The third-order valence-electron chi connectivity index (χ3n) is 4.21. The van der Waals surface area contributed by atoms with Gasteiger partial charge in [-0.25, -0.2) is 0 Å². The van der Waals surface area contributed by atoms with Crippen LogP contribution in [0.5, 0.6) is 0 Å². The molecule has 16 heavy (non-hydrogen) atoms. The zero-order valence-corrected chi connectivity index (χ0v) is 9.61. The van der Waals surface area contributed by atoms with Crippen LogP contribution >= 0.6 is 0 Å². The molecule has 86 valence electrons. The topological polar surface area (TPSA) is 35.5 Å². The van der Waals surface area contributed by atoms with E-state index in [1.165, 1.54) is 5.56 Å². The molecule has 0 aromatic heterocycles. The first kappa shape index (κ1) is 10.3. The first-order valence-electron chi connectivity index (χ1n) is 5.97. The summed E-state index contributed by atoms with van der Waals surface area (Å²) >= 11 is 0. The molecule has 1 atom stereocenters. The van der Waals surface area contributed by atoms with Crippen LogP contribution in [0.3, 0.4) is 0 Å². The van der Waals surface area contributed by atoms with Crippen LogP contribution in [0.25, 0.3) is 0 Å². The lowest BCUT2D eigenvalue weighted by Gasteiger charge is -2.41. The smallest absolute Gasteiger partial charge is 0.134 e. The summed E-state index contributed by atoms with van der Waals surface area (Å²) in [5, 5.41) is 13.7.